The highest BCUT2D eigenvalue weighted by Gasteiger charge is 2.18. The highest BCUT2D eigenvalue weighted by Crippen LogP contribution is 2.46. The van der Waals surface area contributed by atoms with Crippen LogP contribution in [-0.2, 0) is 0 Å². The molecule has 5 heteroatoms. The quantitative estimate of drug-likeness (QED) is 0.216. The van der Waals surface area contributed by atoms with Crippen LogP contribution in [0.25, 0.3) is 22.3 Å². The molecule has 4 aromatic carbocycles. The fraction of sp³-hybridized carbons (Fsp3) is 0. The molecule has 0 heterocycles. The average molecular weight is 638 g/mol. The summed E-state index contributed by atoms with van der Waals surface area (Å²) in [6.07, 6.45) is 0. The largest absolute Gasteiger partial charge is 0.456 e. The van der Waals surface area contributed by atoms with E-state index in [2.05, 4.69) is 75.9 Å². The monoisotopic (exact) mass is 634 g/mol. The third kappa shape index (κ3) is 4.38. The van der Waals surface area contributed by atoms with E-state index in [0.717, 1.165) is 51.6 Å². The van der Waals surface area contributed by atoms with Crippen LogP contribution in [-0.4, -0.2) is 0 Å². The second kappa shape index (κ2) is 9.17. The van der Waals surface area contributed by atoms with Gasteiger partial charge >= 0.3 is 0 Å². The van der Waals surface area contributed by atoms with Gasteiger partial charge in [0.15, 0.2) is 0 Å². The summed E-state index contributed by atoms with van der Waals surface area (Å²) in [5, 5.41) is 0. The fourth-order valence-electron chi connectivity index (χ4n) is 3.15. The number of rotatable bonds is 4. The minimum atomic E-state index is 0.776. The van der Waals surface area contributed by atoms with E-state index >= 15 is 0 Å². The van der Waals surface area contributed by atoms with Gasteiger partial charge in [0.2, 0.25) is 0 Å². The van der Waals surface area contributed by atoms with Crippen LogP contribution in [0.5, 0.6) is 11.5 Å². The van der Waals surface area contributed by atoms with Crippen LogP contribution in [0.1, 0.15) is 0 Å². The lowest BCUT2D eigenvalue weighted by Gasteiger charge is -2.18. The first-order valence-corrected chi connectivity index (χ1v) is 12.0. The highest BCUT2D eigenvalue weighted by atomic mass is 79.9. The van der Waals surface area contributed by atoms with Gasteiger partial charge in [-0.15, -0.1) is 0 Å². The number of ether oxygens (including phenoxy) is 1. The summed E-state index contributed by atoms with van der Waals surface area (Å²) in [5.41, 5.74) is 4.12. The van der Waals surface area contributed by atoms with Gasteiger partial charge in [0.1, 0.15) is 11.5 Å². The molecule has 0 spiro atoms. The Morgan fingerprint density at radius 1 is 0.414 bits per heavy atom. The van der Waals surface area contributed by atoms with E-state index in [1.54, 1.807) is 0 Å². The maximum atomic E-state index is 6.52. The SMILES string of the molecule is Brc1ccccc1-c1c(Br)cccc1Oc1cccc(Br)c1-c1ccccc1Br. The summed E-state index contributed by atoms with van der Waals surface area (Å²) in [6.45, 7) is 0. The van der Waals surface area contributed by atoms with Crippen LogP contribution >= 0.6 is 63.7 Å². The van der Waals surface area contributed by atoms with Crippen molar-refractivity contribution >= 4 is 63.7 Å². The van der Waals surface area contributed by atoms with E-state index in [0.29, 0.717) is 0 Å². The van der Waals surface area contributed by atoms with Crippen molar-refractivity contribution in [2.45, 2.75) is 0 Å². The molecule has 0 aliphatic rings. The molecule has 4 aromatic rings. The van der Waals surface area contributed by atoms with Crippen LogP contribution in [0.15, 0.2) is 103 Å². The van der Waals surface area contributed by atoms with E-state index in [9.17, 15) is 0 Å². The molecule has 0 unspecified atom stereocenters. The maximum absolute atomic E-state index is 6.52. The van der Waals surface area contributed by atoms with Crippen molar-refractivity contribution in [2.24, 2.45) is 0 Å². The average Bonchev–Trinajstić information content (AvgIpc) is 2.70. The molecule has 0 saturated heterocycles. The maximum Gasteiger partial charge on any atom is 0.136 e. The van der Waals surface area contributed by atoms with Crippen molar-refractivity contribution in [3.63, 3.8) is 0 Å². The zero-order valence-electron chi connectivity index (χ0n) is 15.0. The zero-order valence-corrected chi connectivity index (χ0v) is 21.3. The van der Waals surface area contributed by atoms with Gasteiger partial charge in [0.05, 0.1) is 0 Å². The smallest absolute Gasteiger partial charge is 0.136 e. The van der Waals surface area contributed by atoms with Crippen molar-refractivity contribution < 1.29 is 4.74 Å². The second-order valence-corrected chi connectivity index (χ2v) is 9.71. The van der Waals surface area contributed by atoms with Gasteiger partial charge in [0, 0.05) is 40.1 Å². The van der Waals surface area contributed by atoms with E-state index in [4.69, 9.17) is 4.74 Å². The third-order valence-corrected chi connectivity index (χ3v) is 7.16. The van der Waals surface area contributed by atoms with E-state index in [-0.39, 0.29) is 0 Å². The molecular weight excluding hydrogens is 624 g/mol. The lowest BCUT2D eigenvalue weighted by molar-refractivity contribution is 0.485. The molecule has 0 atom stereocenters. The predicted octanol–water partition coefficient (Wildman–Crippen LogP) is 9.86. The molecule has 0 saturated carbocycles. The normalized spacial score (nSPS) is 10.8. The van der Waals surface area contributed by atoms with Gasteiger partial charge in [-0.2, -0.15) is 0 Å². The van der Waals surface area contributed by atoms with Gasteiger partial charge < -0.3 is 4.74 Å². The summed E-state index contributed by atoms with van der Waals surface area (Å²) < 4.78 is 10.5. The second-order valence-electron chi connectivity index (χ2n) is 6.29. The van der Waals surface area contributed by atoms with Crippen LogP contribution < -0.4 is 4.74 Å². The molecule has 0 bridgehead atoms. The summed E-state index contributed by atoms with van der Waals surface area (Å²) in [5.74, 6) is 1.55. The fourth-order valence-corrected chi connectivity index (χ4v) is 5.24. The Morgan fingerprint density at radius 2 is 0.793 bits per heavy atom. The molecule has 0 radical (unpaired) electrons. The standard InChI is InChI=1S/C24H14Br4O/c25-17-9-3-1-7-15(17)23-19(27)11-5-13-21(23)29-22-14-6-12-20(28)24(22)16-8-2-4-10-18(16)26/h1-14H. The first-order chi connectivity index (χ1) is 14.1. The summed E-state index contributed by atoms with van der Waals surface area (Å²) >= 11 is 14.7. The van der Waals surface area contributed by atoms with E-state index in [1.165, 1.54) is 0 Å². The van der Waals surface area contributed by atoms with Crippen molar-refractivity contribution in [3.8, 4) is 33.8 Å². The van der Waals surface area contributed by atoms with Gasteiger partial charge in [-0.3, -0.25) is 0 Å². The van der Waals surface area contributed by atoms with Crippen molar-refractivity contribution in [3.05, 3.63) is 103 Å². The molecule has 144 valence electrons. The molecule has 29 heavy (non-hydrogen) atoms. The Hall–Kier alpha value is -1.40. The molecule has 0 aliphatic heterocycles. The summed E-state index contributed by atoms with van der Waals surface area (Å²) in [7, 11) is 0. The number of hydrogen-bond donors (Lipinski definition) is 0. The first kappa shape index (κ1) is 20.9. The number of hydrogen-bond acceptors (Lipinski definition) is 1. The summed E-state index contributed by atoms with van der Waals surface area (Å²) in [6, 6.07) is 28.3. The molecule has 0 N–H and O–H groups in total. The number of halogens is 4. The van der Waals surface area contributed by atoms with Crippen LogP contribution in [0.3, 0.4) is 0 Å². The Kier molecular flexibility index (Phi) is 6.60. The zero-order chi connectivity index (χ0) is 20.4. The van der Waals surface area contributed by atoms with Crippen molar-refractivity contribution in [1.82, 2.24) is 0 Å². The van der Waals surface area contributed by atoms with Crippen molar-refractivity contribution in [1.29, 1.82) is 0 Å². The number of benzene rings is 4. The molecule has 0 amide bonds. The molecule has 0 aliphatic carbocycles. The first-order valence-electron chi connectivity index (χ1n) is 8.81. The van der Waals surface area contributed by atoms with Crippen LogP contribution in [0.2, 0.25) is 0 Å². The lowest BCUT2D eigenvalue weighted by atomic mass is 10.0. The van der Waals surface area contributed by atoms with E-state index < -0.39 is 0 Å². The molecular formula is C24H14Br4O. The van der Waals surface area contributed by atoms with Crippen LogP contribution in [0.4, 0.5) is 0 Å². The molecule has 1 nitrogen and oxygen atoms in total. The van der Waals surface area contributed by atoms with E-state index in [1.807, 2.05) is 72.8 Å². The Morgan fingerprint density at radius 3 is 1.21 bits per heavy atom. The Labute approximate surface area is 203 Å². The Balaban J connectivity index is 1.88. The Bertz CT molecular complexity index is 1090. The predicted molar refractivity (Wildman–Crippen MR) is 135 cm³/mol. The van der Waals surface area contributed by atoms with Crippen molar-refractivity contribution in [2.75, 3.05) is 0 Å². The summed E-state index contributed by atoms with van der Waals surface area (Å²) in [4.78, 5) is 0. The lowest BCUT2D eigenvalue weighted by Crippen LogP contribution is -1.93. The van der Waals surface area contributed by atoms with Gasteiger partial charge in [-0.1, -0.05) is 112 Å². The van der Waals surface area contributed by atoms with Gasteiger partial charge in [0.25, 0.3) is 0 Å². The topological polar surface area (TPSA) is 9.23 Å². The molecule has 4 rings (SSSR count). The third-order valence-electron chi connectivity index (χ3n) is 4.46. The molecule has 0 fully saturated rings. The van der Waals surface area contributed by atoms with Crippen LogP contribution in [0, 0.1) is 0 Å². The van der Waals surface area contributed by atoms with Gasteiger partial charge in [-0.25, -0.2) is 0 Å². The minimum absolute atomic E-state index is 0.776. The minimum Gasteiger partial charge on any atom is -0.456 e. The highest BCUT2D eigenvalue weighted by molar-refractivity contribution is 9.11. The van der Waals surface area contributed by atoms with Gasteiger partial charge in [-0.05, 0) is 36.4 Å². The molecule has 0 aromatic heterocycles.